The lowest BCUT2D eigenvalue weighted by molar-refractivity contribution is -0.141. The van der Waals surface area contributed by atoms with E-state index >= 15 is 0 Å². The molecule has 0 spiro atoms. The molecule has 4 unspecified atom stereocenters. The number of H-pyrrole nitrogens is 1. The summed E-state index contributed by atoms with van der Waals surface area (Å²) in [5, 5.41) is 20.1. The van der Waals surface area contributed by atoms with Crippen molar-refractivity contribution < 1.29 is 24.3 Å². The second kappa shape index (κ2) is 12.4. The third kappa shape index (κ3) is 7.83. The Morgan fingerprint density at radius 3 is 2.38 bits per heavy atom. The van der Waals surface area contributed by atoms with Gasteiger partial charge in [-0.3, -0.25) is 14.4 Å². The first kappa shape index (κ1) is 25.7. The number of imidazole rings is 1. The van der Waals surface area contributed by atoms with E-state index in [1.54, 1.807) is 6.20 Å². The van der Waals surface area contributed by atoms with Gasteiger partial charge in [0.15, 0.2) is 0 Å². The fraction of sp³-hybridized carbons (Fsp3) is 0.650. The van der Waals surface area contributed by atoms with Crippen molar-refractivity contribution in [1.82, 2.24) is 31.2 Å². The van der Waals surface area contributed by atoms with Crippen LogP contribution in [0.1, 0.15) is 38.8 Å². The van der Waals surface area contributed by atoms with Crippen LogP contribution in [0.2, 0.25) is 0 Å². The number of carboxylic acids is 1. The minimum absolute atomic E-state index is 0.0497. The summed E-state index contributed by atoms with van der Waals surface area (Å²) in [7, 11) is 0. The number of carbonyl (C=O) groups is 4. The van der Waals surface area contributed by atoms with E-state index in [9.17, 15) is 24.3 Å². The first-order valence-electron chi connectivity index (χ1n) is 10.7. The van der Waals surface area contributed by atoms with Crippen LogP contribution in [0.15, 0.2) is 12.5 Å². The number of carboxylic acid groups (broad SMARTS) is 1. The fourth-order valence-electron chi connectivity index (χ4n) is 3.44. The molecule has 1 aliphatic heterocycles. The second-order valence-electron chi connectivity index (χ2n) is 8.26. The van der Waals surface area contributed by atoms with Crippen LogP contribution in [0.5, 0.6) is 0 Å². The van der Waals surface area contributed by atoms with Gasteiger partial charge < -0.3 is 31.4 Å². The minimum atomic E-state index is -1.21. The predicted molar refractivity (Wildman–Crippen MR) is 120 cm³/mol. The van der Waals surface area contributed by atoms with Crippen molar-refractivity contribution in [1.29, 1.82) is 0 Å². The smallest absolute Gasteiger partial charge is 0.327 e. The summed E-state index contributed by atoms with van der Waals surface area (Å²) < 4.78 is 0. The SMILES string of the molecule is CC(C)CC(NC(=O)C(Cc1cnc[nH]1)NC(=O)C1CCCN1)C(=O)NC(CS)C(=O)O. The van der Waals surface area contributed by atoms with Crippen LogP contribution < -0.4 is 21.3 Å². The highest BCUT2D eigenvalue weighted by atomic mass is 32.1. The van der Waals surface area contributed by atoms with Gasteiger partial charge in [0.2, 0.25) is 17.7 Å². The van der Waals surface area contributed by atoms with E-state index in [4.69, 9.17) is 0 Å². The molecule has 0 saturated carbocycles. The zero-order chi connectivity index (χ0) is 23.7. The molecule has 1 aromatic heterocycles. The molecule has 1 saturated heterocycles. The lowest BCUT2D eigenvalue weighted by atomic mass is 10.0. The molecular weight excluding hydrogens is 436 g/mol. The Balaban J connectivity index is 2.13. The molecule has 12 heteroatoms. The minimum Gasteiger partial charge on any atom is -0.480 e. The zero-order valence-electron chi connectivity index (χ0n) is 18.3. The average molecular weight is 469 g/mol. The van der Waals surface area contributed by atoms with Crippen LogP contribution >= 0.6 is 12.6 Å². The van der Waals surface area contributed by atoms with E-state index in [0.29, 0.717) is 18.5 Å². The predicted octanol–water partition coefficient (Wildman–Crippen LogP) is -0.781. The van der Waals surface area contributed by atoms with Crippen LogP contribution in [-0.4, -0.2) is 75.2 Å². The number of aromatic nitrogens is 2. The summed E-state index contributed by atoms with van der Waals surface area (Å²) in [4.78, 5) is 56.5. The number of nitrogens with one attached hydrogen (secondary N) is 5. The monoisotopic (exact) mass is 468 g/mol. The van der Waals surface area contributed by atoms with Gasteiger partial charge in [0.1, 0.15) is 18.1 Å². The molecular formula is C20H32N6O5S. The second-order valence-corrected chi connectivity index (χ2v) is 8.63. The summed E-state index contributed by atoms with van der Waals surface area (Å²) >= 11 is 3.95. The molecule has 178 valence electrons. The molecule has 3 amide bonds. The number of rotatable bonds is 12. The van der Waals surface area contributed by atoms with E-state index in [0.717, 1.165) is 13.0 Å². The van der Waals surface area contributed by atoms with E-state index < -0.39 is 35.9 Å². The third-order valence-electron chi connectivity index (χ3n) is 5.13. The molecule has 0 radical (unpaired) electrons. The molecule has 0 aliphatic carbocycles. The van der Waals surface area contributed by atoms with Crippen molar-refractivity contribution in [2.45, 2.75) is 63.7 Å². The van der Waals surface area contributed by atoms with Gasteiger partial charge in [0.25, 0.3) is 0 Å². The molecule has 32 heavy (non-hydrogen) atoms. The number of nitrogens with zero attached hydrogens (tertiary/aromatic N) is 1. The normalized spacial score (nSPS) is 18.6. The van der Waals surface area contributed by atoms with Crippen LogP contribution in [-0.2, 0) is 25.6 Å². The molecule has 6 N–H and O–H groups in total. The van der Waals surface area contributed by atoms with Gasteiger partial charge in [-0.05, 0) is 31.7 Å². The standard InChI is InChI=1S/C20H32N6O5S/c1-11(2)6-14(18(28)26-16(9-32)20(30)31)24-19(29)15(7-12-8-21-10-23-12)25-17(27)13-4-3-5-22-13/h8,10-11,13-16,22,32H,3-7,9H2,1-2H3,(H,21,23)(H,24,29)(H,25,27)(H,26,28)(H,30,31). The summed E-state index contributed by atoms with van der Waals surface area (Å²) in [5.74, 6) is -2.68. The Kier molecular flexibility index (Phi) is 9.97. The Bertz CT molecular complexity index is 781. The van der Waals surface area contributed by atoms with Gasteiger partial charge in [-0.2, -0.15) is 12.6 Å². The molecule has 1 fully saturated rings. The Morgan fingerprint density at radius 1 is 1.16 bits per heavy atom. The van der Waals surface area contributed by atoms with Gasteiger partial charge in [-0.25, -0.2) is 9.78 Å². The first-order valence-corrected chi connectivity index (χ1v) is 11.3. The number of hydrogen-bond acceptors (Lipinski definition) is 7. The Hall–Kier alpha value is -2.60. The summed E-state index contributed by atoms with van der Waals surface area (Å²) in [6.45, 7) is 4.51. The maximum atomic E-state index is 13.1. The number of carbonyl (C=O) groups excluding carboxylic acids is 3. The molecule has 0 bridgehead atoms. The lowest BCUT2D eigenvalue weighted by Gasteiger charge is -2.25. The summed E-state index contributed by atoms with van der Waals surface area (Å²) in [6, 6.07) is -3.44. The summed E-state index contributed by atoms with van der Waals surface area (Å²) in [6.07, 6.45) is 5.05. The quantitative estimate of drug-likeness (QED) is 0.198. The summed E-state index contributed by atoms with van der Waals surface area (Å²) in [5.41, 5.74) is 0.649. The molecule has 2 rings (SSSR count). The Morgan fingerprint density at radius 2 is 1.84 bits per heavy atom. The van der Waals surface area contributed by atoms with E-state index in [1.807, 2.05) is 13.8 Å². The highest BCUT2D eigenvalue weighted by molar-refractivity contribution is 7.80. The van der Waals surface area contributed by atoms with Gasteiger partial charge in [0, 0.05) is 24.1 Å². The lowest BCUT2D eigenvalue weighted by Crippen LogP contribution is -2.58. The van der Waals surface area contributed by atoms with E-state index in [-0.39, 0.29) is 30.0 Å². The maximum absolute atomic E-state index is 13.1. The van der Waals surface area contributed by atoms with Crippen molar-refractivity contribution in [3.63, 3.8) is 0 Å². The molecule has 0 aromatic carbocycles. The van der Waals surface area contributed by atoms with Crippen molar-refractivity contribution in [3.8, 4) is 0 Å². The number of aromatic amines is 1. The number of hydrogen-bond donors (Lipinski definition) is 7. The van der Waals surface area contributed by atoms with Gasteiger partial charge in [-0.1, -0.05) is 13.8 Å². The molecule has 1 aromatic rings. The highest BCUT2D eigenvalue weighted by Crippen LogP contribution is 2.09. The van der Waals surface area contributed by atoms with Crippen LogP contribution in [0.4, 0.5) is 0 Å². The zero-order valence-corrected chi connectivity index (χ0v) is 19.2. The Labute approximate surface area is 192 Å². The van der Waals surface area contributed by atoms with Crippen LogP contribution in [0, 0.1) is 5.92 Å². The molecule has 11 nitrogen and oxygen atoms in total. The number of amides is 3. The van der Waals surface area contributed by atoms with Gasteiger partial charge in [-0.15, -0.1) is 0 Å². The van der Waals surface area contributed by atoms with Crippen molar-refractivity contribution in [2.75, 3.05) is 12.3 Å². The van der Waals surface area contributed by atoms with E-state index in [2.05, 4.69) is 43.9 Å². The van der Waals surface area contributed by atoms with E-state index in [1.165, 1.54) is 6.33 Å². The molecule has 4 atom stereocenters. The highest BCUT2D eigenvalue weighted by Gasteiger charge is 2.31. The molecule has 2 heterocycles. The number of thiol groups is 1. The van der Waals surface area contributed by atoms with Gasteiger partial charge >= 0.3 is 5.97 Å². The first-order chi connectivity index (χ1) is 15.2. The van der Waals surface area contributed by atoms with Gasteiger partial charge in [0.05, 0.1) is 12.4 Å². The maximum Gasteiger partial charge on any atom is 0.327 e. The largest absolute Gasteiger partial charge is 0.480 e. The van der Waals surface area contributed by atoms with Crippen molar-refractivity contribution in [3.05, 3.63) is 18.2 Å². The molecule has 1 aliphatic rings. The topological polar surface area (TPSA) is 165 Å². The van der Waals surface area contributed by atoms with Crippen molar-refractivity contribution in [2.24, 2.45) is 5.92 Å². The van der Waals surface area contributed by atoms with Crippen LogP contribution in [0.25, 0.3) is 0 Å². The third-order valence-corrected chi connectivity index (χ3v) is 5.49. The number of aliphatic carboxylic acids is 1. The van der Waals surface area contributed by atoms with Crippen molar-refractivity contribution >= 4 is 36.3 Å². The fourth-order valence-corrected chi connectivity index (χ4v) is 3.69. The average Bonchev–Trinajstić information content (AvgIpc) is 3.44. The van der Waals surface area contributed by atoms with Crippen LogP contribution in [0.3, 0.4) is 0 Å².